The van der Waals surface area contributed by atoms with E-state index in [1.807, 2.05) is 6.92 Å². The molecule has 1 aromatic carbocycles. The fourth-order valence-electron chi connectivity index (χ4n) is 2.84. The number of benzene rings is 1. The number of nitrogens with one attached hydrogen (secondary N) is 2. The van der Waals surface area contributed by atoms with E-state index in [0.29, 0.717) is 5.76 Å². The molecule has 9 heteroatoms. The van der Waals surface area contributed by atoms with Gasteiger partial charge in [0, 0.05) is 6.20 Å². The summed E-state index contributed by atoms with van der Waals surface area (Å²) in [7, 11) is 0. The van der Waals surface area contributed by atoms with Gasteiger partial charge in [0.1, 0.15) is 17.0 Å². The molecule has 0 saturated heterocycles. The van der Waals surface area contributed by atoms with Crippen LogP contribution in [0.5, 0.6) is 0 Å². The van der Waals surface area contributed by atoms with Crippen molar-refractivity contribution in [2.45, 2.75) is 19.5 Å². The van der Waals surface area contributed by atoms with Gasteiger partial charge < -0.3 is 9.73 Å². The van der Waals surface area contributed by atoms with E-state index in [1.54, 1.807) is 24.3 Å². The lowest BCUT2D eigenvalue weighted by atomic mass is 10.1. The molecule has 0 aliphatic heterocycles. The molecule has 142 valence electrons. The first-order chi connectivity index (χ1) is 13.5. The Morgan fingerprint density at radius 3 is 2.75 bits per heavy atom. The zero-order valence-corrected chi connectivity index (χ0v) is 14.8. The molecule has 3 heterocycles. The first kappa shape index (κ1) is 17.7. The van der Waals surface area contributed by atoms with Crippen molar-refractivity contribution >= 4 is 17.0 Å². The molecule has 0 saturated carbocycles. The molecule has 0 fully saturated rings. The Kier molecular flexibility index (Phi) is 4.48. The van der Waals surface area contributed by atoms with Gasteiger partial charge in [0.05, 0.1) is 18.8 Å². The molecule has 1 atom stereocenters. The van der Waals surface area contributed by atoms with E-state index in [4.69, 9.17) is 4.42 Å². The highest BCUT2D eigenvalue weighted by Gasteiger charge is 2.13. The summed E-state index contributed by atoms with van der Waals surface area (Å²) in [5.74, 6) is 0.406. The number of aromatic nitrogens is 4. The fourth-order valence-corrected chi connectivity index (χ4v) is 2.84. The minimum Gasteiger partial charge on any atom is -0.467 e. The molecule has 4 aromatic rings. The number of nitrogens with zero attached hydrogens (tertiary/aromatic N) is 3. The first-order valence-corrected chi connectivity index (χ1v) is 8.55. The van der Waals surface area contributed by atoms with Gasteiger partial charge in [-0.2, -0.15) is 4.98 Å². The number of hydrogen-bond donors (Lipinski definition) is 2. The smallest absolute Gasteiger partial charge is 0.330 e. The maximum Gasteiger partial charge on any atom is 0.330 e. The maximum atomic E-state index is 13.1. The summed E-state index contributed by atoms with van der Waals surface area (Å²) in [5.41, 5.74) is -0.125. The number of aromatic amines is 1. The van der Waals surface area contributed by atoms with Crippen molar-refractivity contribution in [2.75, 3.05) is 5.32 Å². The zero-order valence-electron chi connectivity index (χ0n) is 14.8. The van der Waals surface area contributed by atoms with E-state index < -0.39 is 11.2 Å². The monoisotopic (exact) mass is 381 g/mol. The Morgan fingerprint density at radius 1 is 1.25 bits per heavy atom. The van der Waals surface area contributed by atoms with Gasteiger partial charge in [-0.25, -0.2) is 14.2 Å². The van der Waals surface area contributed by atoms with E-state index in [0.717, 1.165) is 10.1 Å². The molecule has 8 nitrogen and oxygen atoms in total. The van der Waals surface area contributed by atoms with Crippen LogP contribution in [0.2, 0.25) is 0 Å². The average Bonchev–Trinajstić information content (AvgIpc) is 3.19. The van der Waals surface area contributed by atoms with Gasteiger partial charge in [0.25, 0.3) is 5.56 Å². The number of hydrogen-bond acceptors (Lipinski definition) is 6. The lowest BCUT2D eigenvalue weighted by Gasteiger charge is -2.14. The summed E-state index contributed by atoms with van der Waals surface area (Å²) >= 11 is 0. The number of anilines is 1. The van der Waals surface area contributed by atoms with Gasteiger partial charge in [-0.05, 0) is 36.8 Å². The van der Waals surface area contributed by atoms with Crippen LogP contribution in [0.1, 0.15) is 24.3 Å². The van der Waals surface area contributed by atoms with Gasteiger partial charge in [-0.3, -0.25) is 14.3 Å². The SMILES string of the molecule is C[C@H](Nc1ncc2c(=O)n(Cc3ccco3)c(=O)[nH]c2n1)c1ccc(F)cc1. The summed E-state index contributed by atoms with van der Waals surface area (Å²) in [6.45, 7) is 1.88. The minimum atomic E-state index is -0.592. The summed E-state index contributed by atoms with van der Waals surface area (Å²) in [4.78, 5) is 35.9. The third kappa shape index (κ3) is 3.41. The van der Waals surface area contributed by atoms with Crippen LogP contribution >= 0.6 is 0 Å². The van der Waals surface area contributed by atoms with E-state index >= 15 is 0 Å². The molecule has 2 N–H and O–H groups in total. The van der Waals surface area contributed by atoms with Crippen molar-refractivity contribution in [3.8, 4) is 0 Å². The normalized spacial score (nSPS) is 12.2. The summed E-state index contributed by atoms with van der Waals surface area (Å²) in [6.07, 6.45) is 2.83. The lowest BCUT2D eigenvalue weighted by molar-refractivity contribution is 0.484. The van der Waals surface area contributed by atoms with Crippen LogP contribution in [0.15, 0.2) is 62.9 Å². The second kappa shape index (κ2) is 7.10. The zero-order chi connectivity index (χ0) is 19.7. The third-order valence-electron chi connectivity index (χ3n) is 4.34. The maximum absolute atomic E-state index is 13.1. The Balaban J connectivity index is 1.65. The van der Waals surface area contributed by atoms with Gasteiger partial charge in [0.15, 0.2) is 5.65 Å². The van der Waals surface area contributed by atoms with E-state index in [1.165, 1.54) is 24.6 Å². The van der Waals surface area contributed by atoms with Crippen LogP contribution in [0.4, 0.5) is 10.3 Å². The van der Waals surface area contributed by atoms with E-state index in [9.17, 15) is 14.0 Å². The fraction of sp³-hybridized carbons (Fsp3) is 0.158. The second-order valence-corrected chi connectivity index (χ2v) is 6.27. The molecular weight excluding hydrogens is 365 g/mol. The molecule has 0 aliphatic carbocycles. The van der Waals surface area contributed by atoms with Gasteiger partial charge >= 0.3 is 5.69 Å². The molecule has 0 radical (unpaired) electrons. The second-order valence-electron chi connectivity index (χ2n) is 6.27. The molecule has 0 aliphatic rings. The molecule has 0 amide bonds. The predicted molar refractivity (Wildman–Crippen MR) is 101 cm³/mol. The highest BCUT2D eigenvalue weighted by molar-refractivity contribution is 5.73. The van der Waals surface area contributed by atoms with Crippen LogP contribution < -0.4 is 16.6 Å². The van der Waals surface area contributed by atoms with Gasteiger partial charge in [-0.1, -0.05) is 12.1 Å². The summed E-state index contributed by atoms with van der Waals surface area (Å²) in [5, 5.41) is 3.26. The highest BCUT2D eigenvalue weighted by Crippen LogP contribution is 2.17. The van der Waals surface area contributed by atoms with Crippen LogP contribution in [0.3, 0.4) is 0 Å². The standard InChI is InChI=1S/C19H16FN5O3/c1-11(12-4-6-13(20)7-5-12)22-18-21-9-15-16(23-18)24-19(27)25(17(15)26)10-14-3-2-8-28-14/h2-9,11H,10H2,1H3,(H2,21,22,23,24,27)/t11-/m0/s1. The Morgan fingerprint density at radius 2 is 2.04 bits per heavy atom. The number of rotatable bonds is 5. The first-order valence-electron chi connectivity index (χ1n) is 8.55. The van der Waals surface area contributed by atoms with Crippen LogP contribution in [-0.4, -0.2) is 19.5 Å². The quantitative estimate of drug-likeness (QED) is 0.550. The highest BCUT2D eigenvalue weighted by atomic mass is 19.1. The predicted octanol–water partition coefficient (Wildman–Crippen LogP) is 2.43. The van der Waals surface area contributed by atoms with Crippen molar-refractivity contribution in [1.29, 1.82) is 0 Å². The number of fused-ring (bicyclic) bond motifs is 1. The van der Waals surface area contributed by atoms with E-state index in [-0.39, 0.29) is 35.4 Å². The third-order valence-corrected chi connectivity index (χ3v) is 4.34. The molecule has 0 unspecified atom stereocenters. The molecule has 0 bridgehead atoms. The molecule has 28 heavy (non-hydrogen) atoms. The number of furan rings is 1. The number of H-pyrrole nitrogens is 1. The largest absolute Gasteiger partial charge is 0.467 e. The Hall–Kier alpha value is -3.75. The van der Waals surface area contributed by atoms with Gasteiger partial charge in [-0.15, -0.1) is 0 Å². The molecule has 3 aromatic heterocycles. The minimum absolute atomic E-state index is 0.0126. The number of halogens is 1. The average molecular weight is 381 g/mol. The van der Waals surface area contributed by atoms with Crippen LogP contribution in [0.25, 0.3) is 11.0 Å². The van der Waals surface area contributed by atoms with Gasteiger partial charge in [0.2, 0.25) is 5.95 Å². The Labute approximate surface area is 157 Å². The van der Waals surface area contributed by atoms with Crippen LogP contribution in [-0.2, 0) is 6.54 Å². The molecular formula is C19H16FN5O3. The van der Waals surface area contributed by atoms with Crippen molar-refractivity contribution in [3.63, 3.8) is 0 Å². The van der Waals surface area contributed by atoms with E-state index in [2.05, 4.69) is 20.3 Å². The van der Waals surface area contributed by atoms with Crippen molar-refractivity contribution < 1.29 is 8.81 Å². The summed E-state index contributed by atoms with van der Waals surface area (Å²) in [6, 6.07) is 9.20. The summed E-state index contributed by atoms with van der Waals surface area (Å²) < 4.78 is 19.3. The van der Waals surface area contributed by atoms with Crippen molar-refractivity contribution in [1.82, 2.24) is 19.5 Å². The lowest BCUT2D eigenvalue weighted by Crippen LogP contribution is -2.35. The molecule has 4 rings (SSSR count). The van der Waals surface area contributed by atoms with Crippen molar-refractivity contribution in [3.05, 3.63) is 86.8 Å². The topological polar surface area (TPSA) is 106 Å². The van der Waals surface area contributed by atoms with Crippen LogP contribution in [0, 0.1) is 5.82 Å². The Bertz CT molecular complexity index is 1230. The van der Waals surface area contributed by atoms with Crippen molar-refractivity contribution in [2.24, 2.45) is 0 Å². The molecule has 0 spiro atoms.